The molecule has 0 spiro atoms. The zero-order valence-corrected chi connectivity index (χ0v) is 14.1. The molecule has 3 nitrogen and oxygen atoms in total. The molecule has 0 aliphatic rings. The Balaban J connectivity index is 1.85. The first-order valence-corrected chi connectivity index (χ1v) is 7.81. The Hall–Kier alpha value is -1.88. The van der Waals surface area contributed by atoms with Crippen molar-refractivity contribution in [3.05, 3.63) is 63.4 Å². The number of halogens is 2. The van der Waals surface area contributed by atoms with Gasteiger partial charge in [-0.1, -0.05) is 39.7 Å². The molecule has 0 saturated heterocycles. The zero-order chi connectivity index (χ0) is 16.1. The topological polar surface area (TPSA) is 41.1 Å². The minimum Gasteiger partial charge on any atom is -0.338 e. The molecule has 0 aliphatic carbocycles. The van der Waals surface area contributed by atoms with Crippen LogP contribution in [0.25, 0.3) is 0 Å². The summed E-state index contributed by atoms with van der Waals surface area (Å²) < 4.78 is 14.2. The van der Waals surface area contributed by atoms with Gasteiger partial charge in [-0.25, -0.2) is 9.18 Å². The van der Waals surface area contributed by atoms with Crippen molar-refractivity contribution in [1.82, 2.24) is 5.32 Å². The van der Waals surface area contributed by atoms with Crippen molar-refractivity contribution in [1.29, 1.82) is 0 Å². The first-order chi connectivity index (χ1) is 10.5. The van der Waals surface area contributed by atoms with Crippen LogP contribution >= 0.6 is 15.9 Å². The molecule has 0 radical (unpaired) electrons. The predicted molar refractivity (Wildman–Crippen MR) is 90.7 cm³/mol. The molecule has 22 heavy (non-hydrogen) atoms. The number of rotatable bonds is 4. The molecule has 2 amide bonds. The minimum atomic E-state index is -0.473. The van der Waals surface area contributed by atoms with E-state index in [9.17, 15) is 9.18 Å². The van der Waals surface area contributed by atoms with Crippen LogP contribution in [-0.2, 0) is 6.42 Å². The molecular formula is C17H18BrFN2O. The van der Waals surface area contributed by atoms with Crippen molar-refractivity contribution < 1.29 is 9.18 Å². The Bertz CT molecular complexity index is 688. The summed E-state index contributed by atoms with van der Waals surface area (Å²) in [5, 5.41) is 5.24. The maximum atomic E-state index is 13.6. The van der Waals surface area contributed by atoms with Crippen molar-refractivity contribution in [3.63, 3.8) is 0 Å². The van der Waals surface area contributed by atoms with Gasteiger partial charge in [0.05, 0.1) is 5.69 Å². The largest absolute Gasteiger partial charge is 0.338 e. The van der Waals surface area contributed by atoms with Gasteiger partial charge in [0.2, 0.25) is 0 Å². The lowest BCUT2D eigenvalue weighted by Gasteiger charge is -2.10. The van der Waals surface area contributed by atoms with Crippen LogP contribution in [0.1, 0.15) is 16.7 Å². The molecule has 0 unspecified atom stereocenters. The number of carbonyl (C=O) groups excluding carboxylic acids is 1. The van der Waals surface area contributed by atoms with Crippen molar-refractivity contribution in [3.8, 4) is 0 Å². The maximum absolute atomic E-state index is 13.6. The van der Waals surface area contributed by atoms with E-state index in [1.165, 1.54) is 28.8 Å². The van der Waals surface area contributed by atoms with Gasteiger partial charge in [-0.15, -0.1) is 0 Å². The molecule has 2 aromatic rings. The smallest absolute Gasteiger partial charge is 0.319 e. The lowest BCUT2D eigenvalue weighted by atomic mass is 10.0. The summed E-state index contributed by atoms with van der Waals surface area (Å²) >= 11 is 3.17. The third kappa shape index (κ3) is 4.56. The van der Waals surface area contributed by atoms with Crippen LogP contribution in [0.4, 0.5) is 14.9 Å². The second kappa shape index (κ2) is 7.40. The number of amides is 2. The maximum Gasteiger partial charge on any atom is 0.319 e. The molecule has 2 N–H and O–H groups in total. The summed E-state index contributed by atoms with van der Waals surface area (Å²) in [5.41, 5.74) is 3.78. The van der Waals surface area contributed by atoms with Crippen LogP contribution in [-0.4, -0.2) is 12.6 Å². The van der Waals surface area contributed by atoms with Gasteiger partial charge < -0.3 is 10.6 Å². The van der Waals surface area contributed by atoms with Crippen molar-refractivity contribution in [2.24, 2.45) is 0 Å². The average molecular weight is 365 g/mol. The molecule has 0 saturated carbocycles. The van der Waals surface area contributed by atoms with Gasteiger partial charge in [-0.2, -0.15) is 0 Å². The Kier molecular flexibility index (Phi) is 5.55. The van der Waals surface area contributed by atoms with Gasteiger partial charge in [0.15, 0.2) is 0 Å². The van der Waals surface area contributed by atoms with E-state index in [0.29, 0.717) is 11.0 Å². The molecule has 5 heteroatoms. The number of hydrogen-bond donors (Lipinski definition) is 2. The summed E-state index contributed by atoms with van der Waals surface area (Å²) in [4.78, 5) is 11.8. The number of carbonyl (C=O) groups is 1. The van der Waals surface area contributed by atoms with E-state index in [1.807, 2.05) is 0 Å². The molecule has 0 heterocycles. The number of aryl methyl sites for hydroxylation is 2. The standard InChI is InChI=1S/C17H18BrFN2O/c1-11-3-4-13(12(2)9-11)7-8-20-17(22)21-16-6-5-14(18)10-15(16)19/h3-6,9-10H,7-8H2,1-2H3,(H2,20,21,22). The van der Waals surface area contributed by atoms with Crippen LogP contribution in [0.3, 0.4) is 0 Å². The second-order valence-corrected chi connectivity index (χ2v) is 6.10. The average Bonchev–Trinajstić information content (AvgIpc) is 2.44. The minimum absolute atomic E-state index is 0.159. The Morgan fingerprint density at radius 1 is 1.18 bits per heavy atom. The van der Waals surface area contributed by atoms with Gasteiger partial charge in [0, 0.05) is 11.0 Å². The Morgan fingerprint density at radius 3 is 2.64 bits per heavy atom. The highest BCUT2D eigenvalue weighted by atomic mass is 79.9. The molecule has 0 fully saturated rings. The molecule has 0 bridgehead atoms. The fraction of sp³-hybridized carbons (Fsp3) is 0.235. The van der Waals surface area contributed by atoms with Crippen LogP contribution in [0.2, 0.25) is 0 Å². The Morgan fingerprint density at radius 2 is 1.95 bits per heavy atom. The number of nitrogens with one attached hydrogen (secondary N) is 2. The number of hydrogen-bond acceptors (Lipinski definition) is 1. The molecule has 2 rings (SSSR count). The van der Waals surface area contributed by atoms with Gasteiger partial charge in [-0.3, -0.25) is 0 Å². The first-order valence-electron chi connectivity index (χ1n) is 7.02. The summed E-state index contributed by atoms with van der Waals surface area (Å²) in [5.74, 6) is -0.473. The van der Waals surface area contributed by atoms with E-state index in [4.69, 9.17) is 0 Å². The third-order valence-corrected chi connectivity index (χ3v) is 3.85. The molecular weight excluding hydrogens is 347 g/mol. The highest BCUT2D eigenvalue weighted by molar-refractivity contribution is 9.10. The van der Waals surface area contributed by atoms with Crippen molar-refractivity contribution in [2.75, 3.05) is 11.9 Å². The number of benzene rings is 2. The fourth-order valence-corrected chi connectivity index (χ4v) is 2.53. The lowest BCUT2D eigenvalue weighted by Crippen LogP contribution is -2.30. The van der Waals surface area contributed by atoms with Crippen molar-refractivity contribution in [2.45, 2.75) is 20.3 Å². The third-order valence-electron chi connectivity index (χ3n) is 3.36. The first kappa shape index (κ1) is 16.5. The summed E-state index contributed by atoms with van der Waals surface area (Å²) in [6, 6.07) is 10.3. The second-order valence-electron chi connectivity index (χ2n) is 5.19. The molecule has 116 valence electrons. The molecule has 2 aromatic carbocycles. The van der Waals surface area contributed by atoms with E-state index in [2.05, 4.69) is 58.6 Å². The van der Waals surface area contributed by atoms with Crippen LogP contribution in [0.15, 0.2) is 40.9 Å². The van der Waals surface area contributed by atoms with E-state index in [0.717, 1.165) is 6.42 Å². The molecule has 0 aromatic heterocycles. The van der Waals surface area contributed by atoms with E-state index < -0.39 is 11.8 Å². The van der Waals surface area contributed by atoms with Gasteiger partial charge in [0.1, 0.15) is 5.82 Å². The summed E-state index contributed by atoms with van der Waals surface area (Å²) in [6.45, 7) is 4.60. The summed E-state index contributed by atoms with van der Waals surface area (Å²) in [7, 11) is 0. The van der Waals surface area contributed by atoms with Crippen LogP contribution in [0, 0.1) is 19.7 Å². The van der Waals surface area contributed by atoms with E-state index >= 15 is 0 Å². The fourth-order valence-electron chi connectivity index (χ4n) is 2.19. The van der Waals surface area contributed by atoms with Gasteiger partial charge in [0.25, 0.3) is 0 Å². The highest BCUT2D eigenvalue weighted by Gasteiger charge is 2.07. The molecule has 0 atom stereocenters. The highest BCUT2D eigenvalue weighted by Crippen LogP contribution is 2.19. The molecule has 0 aliphatic heterocycles. The van der Waals surface area contributed by atoms with Crippen LogP contribution < -0.4 is 10.6 Å². The lowest BCUT2D eigenvalue weighted by molar-refractivity contribution is 0.252. The number of anilines is 1. The van der Waals surface area contributed by atoms with Crippen LogP contribution in [0.5, 0.6) is 0 Å². The monoisotopic (exact) mass is 364 g/mol. The Labute approximate surface area is 138 Å². The van der Waals surface area contributed by atoms with E-state index in [1.54, 1.807) is 6.07 Å². The van der Waals surface area contributed by atoms with Gasteiger partial charge in [-0.05, 0) is 49.6 Å². The zero-order valence-electron chi connectivity index (χ0n) is 12.5. The summed E-state index contributed by atoms with van der Waals surface area (Å²) in [6.07, 6.45) is 0.738. The van der Waals surface area contributed by atoms with E-state index in [-0.39, 0.29) is 5.69 Å². The predicted octanol–water partition coefficient (Wildman–Crippen LogP) is 4.57. The quantitative estimate of drug-likeness (QED) is 0.819. The SMILES string of the molecule is Cc1ccc(CCNC(=O)Nc2ccc(Br)cc2F)c(C)c1. The number of urea groups is 1. The van der Waals surface area contributed by atoms with Crippen molar-refractivity contribution >= 4 is 27.6 Å². The normalized spacial score (nSPS) is 10.4. The van der Waals surface area contributed by atoms with Gasteiger partial charge >= 0.3 is 6.03 Å².